The molecule has 0 spiro atoms. The van der Waals surface area contributed by atoms with Crippen LogP contribution >= 0.6 is 0 Å². The van der Waals surface area contributed by atoms with Crippen molar-refractivity contribution in [1.82, 2.24) is 25.2 Å². The second-order valence-electron chi connectivity index (χ2n) is 8.69. The van der Waals surface area contributed by atoms with Crippen molar-refractivity contribution in [3.63, 3.8) is 0 Å². The standard InChI is InChI=1S/C20H25N7O3/c1-20(2)9-13(5-6-30-20)22-15-8-16(23-12-3-4-12)27-17(25-15)11(10-21-27)7-14-18(28)26-19(29)24-14/h7-8,10,12-13,23H,3-6,9H2,1-2H3,(H,22,25)(H2,24,26,28,29)/b14-7-. The van der Waals surface area contributed by atoms with Gasteiger partial charge in [-0.15, -0.1) is 0 Å². The van der Waals surface area contributed by atoms with Crippen LogP contribution in [0.2, 0.25) is 0 Å². The molecule has 4 heterocycles. The molecule has 5 rings (SSSR count). The molecule has 3 fully saturated rings. The number of carbonyl (C=O) groups is 2. The predicted octanol–water partition coefficient (Wildman–Crippen LogP) is 1.85. The van der Waals surface area contributed by atoms with Gasteiger partial charge in [0.2, 0.25) is 0 Å². The number of urea groups is 1. The van der Waals surface area contributed by atoms with Gasteiger partial charge in [0.05, 0.1) is 11.8 Å². The highest BCUT2D eigenvalue weighted by molar-refractivity contribution is 6.14. The molecule has 1 aliphatic carbocycles. The van der Waals surface area contributed by atoms with E-state index >= 15 is 0 Å². The molecule has 3 aliphatic rings. The summed E-state index contributed by atoms with van der Waals surface area (Å²) in [6.45, 7) is 4.90. The van der Waals surface area contributed by atoms with Crippen molar-refractivity contribution in [3.05, 3.63) is 23.5 Å². The number of nitrogens with zero attached hydrogens (tertiary/aromatic N) is 3. The first-order valence-electron chi connectivity index (χ1n) is 10.3. The zero-order valence-corrected chi connectivity index (χ0v) is 17.0. The molecule has 3 amide bonds. The van der Waals surface area contributed by atoms with Crippen LogP contribution in [0.5, 0.6) is 0 Å². The maximum absolute atomic E-state index is 11.9. The van der Waals surface area contributed by atoms with Crippen LogP contribution < -0.4 is 21.3 Å². The Balaban J connectivity index is 1.50. The zero-order chi connectivity index (χ0) is 20.9. The number of nitrogens with one attached hydrogen (secondary N) is 4. The molecular weight excluding hydrogens is 386 g/mol. The summed E-state index contributed by atoms with van der Waals surface area (Å²) < 4.78 is 7.56. The van der Waals surface area contributed by atoms with Crippen molar-refractivity contribution in [1.29, 1.82) is 0 Å². The number of aromatic nitrogens is 3. The van der Waals surface area contributed by atoms with Crippen LogP contribution in [0.25, 0.3) is 11.7 Å². The van der Waals surface area contributed by atoms with Crippen LogP contribution in [0, 0.1) is 0 Å². The topological polar surface area (TPSA) is 122 Å². The second-order valence-corrected chi connectivity index (χ2v) is 8.69. The van der Waals surface area contributed by atoms with Gasteiger partial charge in [-0.1, -0.05) is 0 Å². The number of amides is 3. The zero-order valence-electron chi connectivity index (χ0n) is 17.0. The number of fused-ring (bicyclic) bond motifs is 1. The molecule has 2 aromatic rings. The third-order valence-corrected chi connectivity index (χ3v) is 5.50. The summed E-state index contributed by atoms with van der Waals surface area (Å²) in [4.78, 5) is 28.1. The molecule has 10 heteroatoms. The van der Waals surface area contributed by atoms with Crippen molar-refractivity contribution < 1.29 is 14.3 Å². The van der Waals surface area contributed by atoms with E-state index in [2.05, 4.69) is 40.2 Å². The summed E-state index contributed by atoms with van der Waals surface area (Å²) in [5, 5.41) is 16.2. The quantitative estimate of drug-likeness (QED) is 0.438. The fourth-order valence-electron chi connectivity index (χ4n) is 3.90. The van der Waals surface area contributed by atoms with E-state index in [-0.39, 0.29) is 17.3 Å². The van der Waals surface area contributed by atoms with E-state index < -0.39 is 11.9 Å². The van der Waals surface area contributed by atoms with Crippen LogP contribution in [-0.2, 0) is 9.53 Å². The summed E-state index contributed by atoms with van der Waals surface area (Å²) in [6.07, 6.45) is 7.29. The summed E-state index contributed by atoms with van der Waals surface area (Å²) >= 11 is 0. The van der Waals surface area contributed by atoms with E-state index in [1.54, 1.807) is 16.8 Å². The van der Waals surface area contributed by atoms with Crippen molar-refractivity contribution in [2.75, 3.05) is 17.2 Å². The molecule has 0 radical (unpaired) electrons. The van der Waals surface area contributed by atoms with Gasteiger partial charge in [-0.25, -0.2) is 9.78 Å². The van der Waals surface area contributed by atoms with E-state index in [1.807, 2.05) is 6.07 Å². The number of anilines is 2. The van der Waals surface area contributed by atoms with E-state index in [1.165, 1.54) is 0 Å². The Morgan fingerprint density at radius 2 is 2.03 bits per heavy atom. The Labute approximate surface area is 173 Å². The lowest BCUT2D eigenvalue weighted by Gasteiger charge is -2.36. The van der Waals surface area contributed by atoms with Crippen LogP contribution in [0.15, 0.2) is 18.0 Å². The average Bonchev–Trinajstić information content (AvgIpc) is 3.30. The first kappa shape index (κ1) is 18.9. The summed E-state index contributed by atoms with van der Waals surface area (Å²) in [6, 6.07) is 2.14. The maximum atomic E-state index is 11.9. The van der Waals surface area contributed by atoms with Crippen molar-refractivity contribution in [3.8, 4) is 0 Å². The Hall–Kier alpha value is -3.14. The first-order chi connectivity index (χ1) is 14.4. The van der Waals surface area contributed by atoms with Crippen LogP contribution in [-0.4, -0.2) is 50.8 Å². The number of imide groups is 1. The van der Waals surface area contributed by atoms with Crippen molar-refractivity contribution >= 4 is 35.3 Å². The highest BCUT2D eigenvalue weighted by atomic mass is 16.5. The third kappa shape index (κ3) is 3.82. The third-order valence-electron chi connectivity index (χ3n) is 5.50. The maximum Gasteiger partial charge on any atom is 0.326 e. The fraction of sp³-hybridized carbons (Fsp3) is 0.500. The molecule has 10 nitrogen and oxygen atoms in total. The van der Waals surface area contributed by atoms with Crippen molar-refractivity contribution in [2.24, 2.45) is 0 Å². The lowest BCUT2D eigenvalue weighted by atomic mass is 9.94. The molecular formula is C20H25N7O3. The minimum absolute atomic E-state index is 0.171. The smallest absolute Gasteiger partial charge is 0.326 e. The number of hydrogen-bond donors (Lipinski definition) is 4. The van der Waals surface area contributed by atoms with Gasteiger partial charge in [-0.3, -0.25) is 10.1 Å². The van der Waals surface area contributed by atoms with Gasteiger partial charge in [0.15, 0.2) is 5.65 Å². The normalized spacial score (nSPS) is 24.7. The molecule has 4 N–H and O–H groups in total. The van der Waals surface area contributed by atoms with Gasteiger partial charge in [0.1, 0.15) is 17.3 Å². The molecule has 2 aliphatic heterocycles. The monoisotopic (exact) mass is 411 g/mol. The van der Waals surface area contributed by atoms with Gasteiger partial charge in [-0.2, -0.15) is 9.61 Å². The Bertz CT molecular complexity index is 1050. The molecule has 30 heavy (non-hydrogen) atoms. The number of carbonyl (C=O) groups excluding carboxylic acids is 2. The largest absolute Gasteiger partial charge is 0.375 e. The highest BCUT2D eigenvalue weighted by Gasteiger charge is 2.30. The Morgan fingerprint density at radius 1 is 1.20 bits per heavy atom. The minimum Gasteiger partial charge on any atom is -0.375 e. The van der Waals surface area contributed by atoms with Gasteiger partial charge in [0, 0.05) is 30.3 Å². The van der Waals surface area contributed by atoms with Crippen LogP contribution in [0.4, 0.5) is 16.4 Å². The molecule has 2 saturated heterocycles. The van der Waals surface area contributed by atoms with Crippen LogP contribution in [0.3, 0.4) is 0 Å². The molecule has 2 aromatic heterocycles. The van der Waals surface area contributed by atoms with Gasteiger partial charge < -0.3 is 20.7 Å². The lowest BCUT2D eigenvalue weighted by Crippen LogP contribution is -2.40. The minimum atomic E-state index is -0.531. The molecule has 0 bridgehead atoms. The molecule has 1 saturated carbocycles. The number of ether oxygens (including phenoxy) is 1. The molecule has 158 valence electrons. The Kier molecular flexibility index (Phi) is 4.39. The van der Waals surface area contributed by atoms with E-state index in [4.69, 9.17) is 9.72 Å². The van der Waals surface area contributed by atoms with Crippen LogP contribution in [0.1, 0.15) is 45.1 Å². The lowest BCUT2D eigenvalue weighted by molar-refractivity contribution is -0.115. The number of rotatable bonds is 5. The average molecular weight is 411 g/mol. The van der Waals surface area contributed by atoms with E-state index in [0.29, 0.717) is 23.9 Å². The highest BCUT2D eigenvalue weighted by Crippen LogP contribution is 2.30. The van der Waals surface area contributed by atoms with Gasteiger partial charge >= 0.3 is 6.03 Å². The SMILES string of the molecule is CC1(C)CC(Nc2cc(NC3CC3)n3ncc(/C=C4\NC(=O)NC4=O)c3n2)CCO1. The van der Waals surface area contributed by atoms with Gasteiger partial charge in [-0.05, 0) is 45.6 Å². The fourth-order valence-corrected chi connectivity index (χ4v) is 3.90. The summed E-state index contributed by atoms with van der Waals surface area (Å²) in [5.41, 5.74) is 1.26. The van der Waals surface area contributed by atoms with E-state index in [9.17, 15) is 9.59 Å². The summed E-state index contributed by atoms with van der Waals surface area (Å²) in [5.74, 6) is 1.13. The Morgan fingerprint density at radius 3 is 2.73 bits per heavy atom. The molecule has 0 aromatic carbocycles. The first-order valence-corrected chi connectivity index (χ1v) is 10.3. The predicted molar refractivity (Wildman–Crippen MR) is 111 cm³/mol. The second kappa shape index (κ2) is 6.98. The van der Waals surface area contributed by atoms with Crippen molar-refractivity contribution in [2.45, 2.75) is 57.2 Å². The number of hydrogen-bond acceptors (Lipinski definition) is 7. The molecule has 1 unspecified atom stereocenters. The van der Waals surface area contributed by atoms with E-state index in [0.717, 1.165) is 37.3 Å². The summed E-state index contributed by atoms with van der Waals surface area (Å²) in [7, 11) is 0. The molecule has 1 atom stereocenters. The van der Waals surface area contributed by atoms with Gasteiger partial charge in [0.25, 0.3) is 5.91 Å².